The van der Waals surface area contributed by atoms with Gasteiger partial charge in [0, 0.05) is 5.56 Å². The summed E-state index contributed by atoms with van der Waals surface area (Å²) in [6.45, 7) is 3.82. The summed E-state index contributed by atoms with van der Waals surface area (Å²) >= 11 is 0. The molecule has 0 nitrogen and oxygen atoms in total. The molecule has 1 radical (unpaired) electrons. The van der Waals surface area contributed by atoms with E-state index in [0.717, 1.165) is 18.4 Å². The zero-order valence-electron chi connectivity index (χ0n) is 9.12. The van der Waals surface area contributed by atoms with Gasteiger partial charge in [-0.15, -0.1) is 0 Å². The fourth-order valence-electron chi connectivity index (χ4n) is 1.75. The number of halogens is 1. The molecule has 0 N–H and O–H groups in total. The van der Waals surface area contributed by atoms with Crippen molar-refractivity contribution in [2.75, 3.05) is 0 Å². The highest BCUT2D eigenvalue weighted by atomic mass is 19.1. The molecule has 0 aliphatic rings. The second-order valence-electron chi connectivity index (χ2n) is 3.78. The average molecular weight is 213 g/mol. The summed E-state index contributed by atoms with van der Waals surface area (Å²) in [5.41, 5.74) is 2.82. The van der Waals surface area contributed by atoms with Crippen molar-refractivity contribution in [3.63, 3.8) is 0 Å². The molecule has 16 heavy (non-hydrogen) atoms. The first-order valence-electron chi connectivity index (χ1n) is 5.44. The first-order chi connectivity index (χ1) is 7.81. The Labute approximate surface area is 95.7 Å². The lowest BCUT2D eigenvalue weighted by molar-refractivity contribution is 0.631. The first kappa shape index (κ1) is 10.9. The van der Waals surface area contributed by atoms with E-state index in [9.17, 15) is 4.39 Å². The Balaban J connectivity index is 2.31. The third kappa shape index (κ3) is 2.30. The fourth-order valence-corrected chi connectivity index (χ4v) is 1.75. The van der Waals surface area contributed by atoms with Crippen molar-refractivity contribution in [1.82, 2.24) is 0 Å². The summed E-state index contributed by atoms with van der Waals surface area (Å²) in [6.07, 6.45) is 1.86. The molecule has 0 amide bonds. The smallest absolute Gasteiger partial charge is 0.131 e. The molecule has 2 rings (SSSR count). The molecule has 1 heteroatoms. The van der Waals surface area contributed by atoms with Crippen LogP contribution in [0.4, 0.5) is 4.39 Å². The molecule has 0 bridgehead atoms. The van der Waals surface area contributed by atoms with Crippen LogP contribution in [0.15, 0.2) is 48.5 Å². The van der Waals surface area contributed by atoms with Crippen LogP contribution < -0.4 is 0 Å². The Morgan fingerprint density at radius 3 is 2.25 bits per heavy atom. The Kier molecular flexibility index (Phi) is 3.35. The summed E-state index contributed by atoms with van der Waals surface area (Å²) < 4.78 is 13.5. The lowest BCUT2D eigenvalue weighted by Crippen LogP contribution is -1.86. The third-order valence-electron chi connectivity index (χ3n) is 2.60. The standard InChI is InChI=1S/C15H14F/c1-2-5-12-8-10-13(11-9-12)14-6-3-4-7-15(14)16/h3-4,6-11H,1-2,5H2. The van der Waals surface area contributed by atoms with Gasteiger partial charge in [-0.05, 0) is 30.0 Å². The van der Waals surface area contributed by atoms with E-state index >= 15 is 0 Å². The lowest BCUT2D eigenvalue weighted by atomic mass is 10.0. The summed E-state index contributed by atoms with van der Waals surface area (Å²) in [5, 5.41) is 0. The molecular weight excluding hydrogens is 199 g/mol. The number of aryl methyl sites for hydroxylation is 1. The van der Waals surface area contributed by atoms with Gasteiger partial charge in [-0.3, -0.25) is 0 Å². The van der Waals surface area contributed by atoms with Gasteiger partial charge in [0.25, 0.3) is 0 Å². The van der Waals surface area contributed by atoms with Gasteiger partial charge in [0.15, 0.2) is 0 Å². The molecule has 0 heterocycles. The van der Waals surface area contributed by atoms with Gasteiger partial charge in [0.1, 0.15) is 5.82 Å². The SMILES string of the molecule is [CH2]CCc1ccc(-c2ccccc2F)cc1. The fraction of sp³-hybridized carbons (Fsp3) is 0.133. The maximum atomic E-state index is 13.5. The minimum atomic E-state index is -0.174. The highest BCUT2D eigenvalue weighted by Crippen LogP contribution is 2.22. The molecule has 0 fully saturated rings. The molecule has 2 aromatic rings. The second-order valence-corrected chi connectivity index (χ2v) is 3.78. The van der Waals surface area contributed by atoms with Crippen LogP contribution in [0.3, 0.4) is 0 Å². The van der Waals surface area contributed by atoms with Crippen molar-refractivity contribution < 1.29 is 4.39 Å². The second kappa shape index (κ2) is 4.93. The van der Waals surface area contributed by atoms with Gasteiger partial charge in [-0.2, -0.15) is 0 Å². The van der Waals surface area contributed by atoms with Gasteiger partial charge >= 0.3 is 0 Å². The Bertz CT molecular complexity index is 457. The lowest BCUT2D eigenvalue weighted by Gasteiger charge is -2.04. The minimum Gasteiger partial charge on any atom is -0.206 e. The molecule has 0 saturated carbocycles. The van der Waals surface area contributed by atoms with Crippen molar-refractivity contribution in [3.05, 3.63) is 66.8 Å². The van der Waals surface area contributed by atoms with Gasteiger partial charge in [-0.25, -0.2) is 4.39 Å². The first-order valence-corrected chi connectivity index (χ1v) is 5.44. The van der Waals surface area contributed by atoms with E-state index in [4.69, 9.17) is 0 Å². The van der Waals surface area contributed by atoms with Crippen molar-refractivity contribution >= 4 is 0 Å². The van der Waals surface area contributed by atoms with E-state index in [0.29, 0.717) is 5.56 Å². The third-order valence-corrected chi connectivity index (χ3v) is 2.60. The zero-order chi connectivity index (χ0) is 11.4. The highest BCUT2D eigenvalue weighted by Gasteiger charge is 2.03. The monoisotopic (exact) mass is 213 g/mol. The van der Waals surface area contributed by atoms with Crippen LogP contribution in [0.1, 0.15) is 12.0 Å². The van der Waals surface area contributed by atoms with Crippen molar-refractivity contribution in [2.45, 2.75) is 12.8 Å². The van der Waals surface area contributed by atoms with E-state index in [1.807, 2.05) is 30.3 Å². The maximum absolute atomic E-state index is 13.5. The molecule has 0 saturated heterocycles. The van der Waals surface area contributed by atoms with E-state index in [-0.39, 0.29) is 5.82 Å². The topological polar surface area (TPSA) is 0 Å². The number of benzene rings is 2. The van der Waals surface area contributed by atoms with E-state index in [1.54, 1.807) is 12.1 Å². The molecule has 2 aromatic carbocycles. The van der Waals surface area contributed by atoms with Crippen molar-refractivity contribution in [3.8, 4) is 11.1 Å². The number of rotatable bonds is 3. The van der Waals surface area contributed by atoms with Crippen molar-refractivity contribution in [1.29, 1.82) is 0 Å². The molecule has 0 aromatic heterocycles. The molecule has 0 atom stereocenters. The van der Waals surface area contributed by atoms with E-state index in [1.165, 1.54) is 11.6 Å². The molecular formula is C15H14F. The average Bonchev–Trinajstić information content (AvgIpc) is 2.31. The quantitative estimate of drug-likeness (QED) is 0.714. The van der Waals surface area contributed by atoms with Crippen LogP contribution in [-0.2, 0) is 6.42 Å². The van der Waals surface area contributed by atoms with Crippen LogP contribution >= 0.6 is 0 Å². The van der Waals surface area contributed by atoms with Crippen LogP contribution in [0.5, 0.6) is 0 Å². The Morgan fingerprint density at radius 1 is 0.938 bits per heavy atom. The van der Waals surface area contributed by atoms with Crippen LogP contribution in [0.25, 0.3) is 11.1 Å². The van der Waals surface area contributed by atoms with Crippen molar-refractivity contribution in [2.24, 2.45) is 0 Å². The predicted molar refractivity (Wildman–Crippen MR) is 65.5 cm³/mol. The Hall–Kier alpha value is -1.63. The zero-order valence-corrected chi connectivity index (χ0v) is 9.12. The predicted octanol–water partition coefficient (Wildman–Crippen LogP) is 4.26. The van der Waals surface area contributed by atoms with Gasteiger partial charge in [-0.1, -0.05) is 49.4 Å². The summed E-state index contributed by atoms with van der Waals surface area (Å²) in [4.78, 5) is 0. The summed E-state index contributed by atoms with van der Waals surface area (Å²) in [6, 6.07) is 14.8. The summed E-state index contributed by atoms with van der Waals surface area (Å²) in [5.74, 6) is -0.174. The van der Waals surface area contributed by atoms with E-state index < -0.39 is 0 Å². The largest absolute Gasteiger partial charge is 0.206 e. The van der Waals surface area contributed by atoms with Gasteiger partial charge in [0.2, 0.25) is 0 Å². The van der Waals surface area contributed by atoms with Gasteiger partial charge in [0.05, 0.1) is 0 Å². The van der Waals surface area contributed by atoms with Crippen LogP contribution in [-0.4, -0.2) is 0 Å². The molecule has 0 spiro atoms. The Morgan fingerprint density at radius 2 is 1.62 bits per heavy atom. The minimum absolute atomic E-state index is 0.174. The van der Waals surface area contributed by atoms with Gasteiger partial charge < -0.3 is 0 Å². The van der Waals surface area contributed by atoms with Crippen LogP contribution in [0, 0.1) is 12.7 Å². The molecule has 0 unspecified atom stereocenters. The normalized spacial score (nSPS) is 10.4. The van der Waals surface area contributed by atoms with E-state index in [2.05, 4.69) is 6.92 Å². The number of hydrogen-bond donors (Lipinski definition) is 0. The summed E-state index contributed by atoms with van der Waals surface area (Å²) in [7, 11) is 0. The molecule has 81 valence electrons. The molecule has 0 aliphatic heterocycles. The maximum Gasteiger partial charge on any atom is 0.131 e. The molecule has 0 aliphatic carbocycles. The van der Waals surface area contributed by atoms with Crippen LogP contribution in [0.2, 0.25) is 0 Å². The number of hydrogen-bond acceptors (Lipinski definition) is 0. The highest BCUT2D eigenvalue weighted by molar-refractivity contribution is 5.64.